The number of hydrogen-bond acceptors (Lipinski definition) is 4. The van der Waals surface area contributed by atoms with Crippen LogP contribution in [-0.4, -0.2) is 43.8 Å². The van der Waals surface area contributed by atoms with Crippen molar-refractivity contribution in [2.45, 2.75) is 50.7 Å². The van der Waals surface area contributed by atoms with Crippen LogP contribution in [0, 0.1) is 0 Å². The lowest BCUT2D eigenvalue weighted by molar-refractivity contribution is -0.139. The largest absolute Gasteiger partial charge is 0.352 e. The molecule has 0 spiro atoms. The second-order valence-corrected chi connectivity index (χ2v) is 11.1. The van der Waals surface area contributed by atoms with E-state index < -0.39 is 28.5 Å². The van der Waals surface area contributed by atoms with Gasteiger partial charge in [-0.3, -0.25) is 13.9 Å². The molecule has 0 heterocycles. The van der Waals surface area contributed by atoms with Gasteiger partial charge >= 0.3 is 0 Å². The van der Waals surface area contributed by atoms with Gasteiger partial charge in [0.15, 0.2) is 0 Å². The zero-order valence-corrected chi connectivity index (χ0v) is 22.7. The van der Waals surface area contributed by atoms with Gasteiger partial charge in [-0.1, -0.05) is 73.1 Å². The molecule has 0 saturated carbocycles. The SMILES string of the molecule is CCC(C)NC(=O)C(C)N(Cc1ccccc1)C(=O)CN(c1cccc(Cl)c1)S(=O)(=O)c1ccccc1. The Morgan fingerprint density at radius 3 is 2.14 bits per heavy atom. The smallest absolute Gasteiger partial charge is 0.264 e. The molecular weight excluding hydrogens is 510 g/mol. The highest BCUT2D eigenvalue weighted by molar-refractivity contribution is 7.92. The predicted molar refractivity (Wildman–Crippen MR) is 147 cm³/mol. The average Bonchev–Trinajstić information content (AvgIpc) is 2.90. The summed E-state index contributed by atoms with van der Waals surface area (Å²) in [5.41, 5.74) is 1.07. The zero-order chi connectivity index (χ0) is 27.0. The number of hydrogen-bond donors (Lipinski definition) is 1. The Balaban J connectivity index is 2.00. The molecule has 0 bridgehead atoms. The number of anilines is 1. The van der Waals surface area contributed by atoms with E-state index in [1.165, 1.54) is 23.1 Å². The van der Waals surface area contributed by atoms with Crippen molar-refractivity contribution in [3.8, 4) is 0 Å². The first kappa shape index (κ1) is 28.2. The maximum absolute atomic E-state index is 13.8. The number of sulfonamides is 1. The van der Waals surface area contributed by atoms with E-state index in [0.29, 0.717) is 5.02 Å². The highest BCUT2D eigenvalue weighted by atomic mass is 35.5. The number of amides is 2. The lowest BCUT2D eigenvalue weighted by Gasteiger charge is -2.32. The van der Waals surface area contributed by atoms with E-state index in [4.69, 9.17) is 11.6 Å². The highest BCUT2D eigenvalue weighted by Gasteiger charge is 2.32. The molecule has 0 aliphatic heterocycles. The summed E-state index contributed by atoms with van der Waals surface area (Å²) in [5.74, 6) is -0.825. The normalized spacial score (nSPS) is 12.9. The molecule has 0 radical (unpaired) electrons. The number of benzene rings is 3. The first-order valence-electron chi connectivity index (χ1n) is 12.1. The van der Waals surface area contributed by atoms with Crippen LogP contribution >= 0.6 is 11.6 Å². The first-order valence-corrected chi connectivity index (χ1v) is 13.9. The minimum atomic E-state index is -4.11. The van der Waals surface area contributed by atoms with Crippen LogP contribution in [-0.2, 0) is 26.2 Å². The van der Waals surface area contributed by atoms with Gasteiger partial charge < -0.3 is 10.2 Å². The van der Waals surface area contributed by atoms with Gasteiger partial charge in [-0.05, 0) is 56.2 Å². The van der Waals surface area contributed by atoms with Crippen LogP contribution in [0.25, 0.3) is 0 Å². The summed E-state index contributed by atoms with van der Waals surface area (Å²) in [6.45, 7) is 5.13. The van der Waals surface area contributed by atoms with Gasteiger partial charge in [0.25, 0.3) is 10.0 Å². The van der Waals surface area contributed by atoms with E-state index in [-0.39, 0.29) is 29.1 Å². The summed E-state index contributed by atoms with van der Waals surface area (Å²) < 4.78 is 28.4. The van der Waals surface area contributed by atoms with Crippen LogP contribution in [0.5, 0.6) is 0 Å². The van der Waals surface area contributed by atoms with Crippen molar-refractivity contribution in [2.24, 2.45) is 0 Å². The number of nitrogens with zero attached hydrogens (tertiary/aromatic N) is 2. The maximum Gasteiger partial charge on any atom is 0.264 e. The second-order valence-electron chi connectivity index (χ2n) is 8.81. The van der Waals surface area contributed by atoms with Crippen molar-refractivity contribution in [2.75, 3.05) is 10.8 Å². The highest BCUT2D eigenvalue weighted by Crippen LogP contribution is 2.26. The predicted octanol–water partition coefficient (Wildman–Crippen LogP) is 4.87. The summed E-state index contributed by atoms with van der Waals surface area (Å²) in [7, 11) is -4.11. The Kier molecular flexibility index (Phi) is 9.72. The summed E-state index contributed by atoms with van der Waals surface area (Å²) in [6.07, 6.45) is 0.739. The number of carbonyl (C=O) groups excluding carboxylic acids is 2. The Labute approximate surface area is 224 Å². The van der Waals surface area contributed by atoms with Crippen molar-refractivity contribution in [3.63, 3.8) is 0 Å². The minimum absolute atomic E-state index is 0.0416. The average molecular weight is 542 g/mol. The van der Waals surface area contributed by atoms with Crippen LogP contribution in [0.3, 0.4) is 0 Å². The Bertz CT molecular complexity index is 1300. The molecular formula is C28H32ClN3O4S. The Morgan fingerprint density at radius 2 is 1.54 bits per heavy atom. The molecule has 2 atom stereocenters. The number of rotatable bonds is 11. The summed E-state index contributed by atoms with van der Waals surface area (Å²) in [6, 6.07) is 22.6. The zero-order valence-electron chi connectivity index (χ0n) is 21.2. The lowest BCUT2D eigenvalue weighted by Crippen LogP contribution is -2.52. The van der Waals surface area contributed by atoms with Gasteiger partial charge in [-0.2, -0.15) is 0 Å². The topological polar surface area (TPSA) is 86.8 Å². The Morgan fingerprint density at radius 1 is 0.919 bits per heavy atom. The third-order valence-corrected chi connectivity index (χ3v) is 8.09. The molecule has 0 aliphatic carbocycles. The molecule has 9 heteroatoms. The number of nitrogens with one attached hydrogen (secondary N) is 1. The van der Waals surface area contributed by atoms with Gasteiger partial charge in [0.1, 0.15) is 12.6 Å². The summed E-state index contributed by atoms with van der Waals surface area (Å²) >= 11 is 6.18. The fourth-order valence-electron chi connectivity index (χ4n) is 3.71. The number of carbonyl (C=O) groups is 2. The monoisotopic (exact) mass is 541 g/mol. The van der Waals surface area contributed by atoms with Gasteiger partial charge in [-0.15, -0.1) is 0 Å². The third-order valence-electron chi connectivity index (χ3n) is 6.07. The van der Waals surface area contributed by atoms with E-state index in [1.807, 2.05) is 44.2 Å². The van der Waals surface area contributed by atoms with Crippen LogP contribution < -0.4 is 9.62 Å². The van der Waals surface area contributed by atoms with Gasteiger partial charge in [0.2, 0.25) is 11.8 Å². The summed E-state index contributed by atoms with van der Waals surface area (Å²) in [5, 5.41) is 3.25. The molecule has 0 saturated heterocycles. The maximum atomic E-state index is 13.8. The molecule has 2 amide bonds. The molecule has 3 aromatic carbocycles. The van der Waals surface area contributed by atoms with Crippen LogP contribution in [0.2, 0.25) is 5.02 Å². The molecule has 196 valence electrons. The van der Waals surface area contributed by atoms with Crippen molar-refractivity contribution >= 4 is 39.1 Å². The van der Waals surface area contributed by atoms with Crippen LogP contribution in [0.4, 0.5) is 5.69 Å². The van der Waals surface area contributed by atoms with Crippen molar-refractivity contribution in [3.05, 3.63) is 95.5 Å². The molecule has 1 N–H and O–H groups in total. The standard InChI is InChI=1S/C28H32ClN3O4S/c1-4-21(2)30-28(34)22(3)31(19-23-12-7-5-8-13-23)27(33)20-32(25-15-11-14-24(29)18-25)37(35,36)26-16-9-6-10-17-26/h5-18,21-22H,4,19-20H2,1-3H3,(H,30,34). The molecule has 0 aromatic heterocycles. The fourth-order valence-corrected chi connectivity index (χ4v) is 5.32. The molecule has 3 aromatic rings. The second kappa shape index (κ2) is 12.7. The van der Waals surface area contributed by atoms with E-state index in [1.54, 1.807) is 43.3 Å². The molecule has 2 unspecified atom stereocenters. The van der Waals surface area contributed by atoms with E-state index in [9.17, 15) is 18.0 Å². The van der Waals surface area contributed by atoms with Crippen LogP contribution in [0.1, 0.15) is 32.8 Å². The van der Waals surface area contributed by atoms with Gasteiger partial charge in [0, 0.05) is 17.6 Å². The minimum Gasteiger partial charge on any atom is -0.352 e. The van der Waals surface area contributed by atoms with E-state index in [0.717, 1.165) is 16.3 Å². The lowest BCUT2D eigenvalue weighted by atomic mass is 10.1. The van der Waals surface area contributed by atoms with Crippen molar-refractivity contribution in [1.82, 2.24) is 10.2 Å². The first-order chi connectivity index (χ1) is 17.6. The fraction of sp³-hybridized carbons (Fsp3) is 0.286. The molecule has 3 rings (SSSR count). The van der Waals surface area contributed by atoms with Gasteiger partial charge in [0.05, 0.1) is 10.6 Å². The molecule has 37 heavy (non-hydrogen) atoms. The van der Waals surface area contributed by atoms with Crippen molar-refractivity contribution < 1.29 is 18.0 Å². The third kappa shape index (κ3) is 7.33. The molecule has 0 aliphatic rings. The molecule has 0 fully saturated rings. The van der Waals surface area contributed by atoms with E-state index >= 15 is 0 Å². The van der Waals surface area contributed by atoms with Crippen molar-refractivity contribution in [1.29, 1.82) is 0 Å². The summed E-state index contributed by atoms with van der Waals surface area (Å²) in [4.78, 5) is 28.3. The molecule has 7 nitrogen and oxygen atoms in total. The quantitative estimate of drug-likeness (QED) is 0.375. The van der Waals surface area contributed by atoms with Gasteiger partial charge in [-0.25, -0.2) is 8.42 Å². The van der Waals surface area contributed by atoms with Crippen LogP contribution in [0.15, 0.2) is 89.8 Å². The number of halogens is 1. The van der Waals surface area contributed by atoms with E-state index in [2.05, 4.69) is 5.32 Å². The Hall–Kier alpha value is -3.36.